The van der Waals surface area contributed by atoms with E-state index in [4.69, 9.17) is 4.55 Å². The predicted octanol–water partition coefficient (Wildman–Crippen LogP) is 3.14. The van der Waals surface area contributed by atoms with Crippen LogP contribution in [-0.2, 0) is 15.5 Å². The molecule has 1 aliphatic rings. The zero-order chi connectivity index (χ0) is 15.7. The fourth-order valence-electron chi connectivity index (χ4n) is 3.36. The van der Waals surface area contributed by atoms with Crippen molar-refractivity contribution >= 4 is 21.5 Å². The van der Waals surface area contributed by atoms with Crippen LogP contribution in [0.15, 0.2) is 24.3 Å². The zero-order valence-electron chi connectivity index (χ0n) is 13.0. The highest BCUT2D eigenvalue weighted by molar-refractivity contribution is 7.85. The van der Waals surface area contributed by atoms with Crippen molar-refractivity contribution in [3.63, 3.8) is 0 Å². The van der Waals surface area contributed by atoms with Crippen LogP contribution in [0.5, 0.6) is 0 Å². The summed E-state index contributed by atoms with van der Waals surface area (Å²) in [7, 11) is -3.89. The van der Waals surface area contributed by atoms with Gasteiger partial charge in [0.25, 0.3) is 10.1 Å². The van der Waals surface area contributed by atoms with Crippen LogP contribution in [0.2, 0.25) is 0 Å². The first-order valence-electron chi connectivity index (χ1n) is 7.46. The third-order valence-corrected chi connectivity index (χ3v) is 5.33. The van der Waals surface area contributed by atoms with E-state index in [1.165, 1.54) is 17.0 Å². The first-order chi connectivity index (χ1) is 9.79. The van der Waals surface area contributed by atoms with Crippen molar-refractivity contribution in [3.05, 3.63) is 29.8 Å². The first kappa shape index (κ1) is 16.2. The van der Waals surface area contributed by atoms with E-state index in [1.807, 2.05) is 6.07 Å². The summed E-state index contributed by atoms with van der Waals surface area (Å²) in [5, 5.41) is 0. The minimum Gasteiger partial charge on any atom is -0.286 e. The monoisotopic (exact) mass is 310 g/mol. The molecule has 116 valence electrons. The van der Waals surface area contributed by atoms with E-state index in [0.717, 1.165) is 12.8 Å². The van der Waals surface area contributed by atoms with E-state index in [1.54, 1.807) is 0 Å². The van der Waals surface area contributed by atoms with Crippen molar-refractivity contribution in [1.82, 2.24) is 0 Å². The Morgan fingerprint density at radius 1 is 1.29 bits per heavy atom. The molecule has 2 rings (SSSR count). The van der Waals surface area contributed by atoms with Crippen molar-refractivity contribution in [1.29, 1.82) is 0 Å². The van der Waals surface area contributed by atoms with Gasteiger partial charge in [-0.1, -0.05) is 31.5 Å². The standard InChI is InChI=1S/C16H23NO3S/c1-4-10-16(3)13(2)17(11-7-12-21(18,19)20)15-9-6-5-8-14(15)16/h5-6,8-9H,4,7,10-12H2,1-3H3/p+1. The molecule has 0 saturated carbocycles. The maximum atomic E-state index is 10.9. The molecule has 4 nitrogen and oxygen atoms in total. The SMILES string of the molecule is CCCC1(C)C(C)=[N+](CCCS(=O)(=O)O)c2ccccc21. The second-order valence-electron chi connectivity index (χ2n) is 5.98. The van der Waals surface area contributed by atoms with E-state index in [9.17, 15) is 8.42 Å². The number of nitrogens with zero attached hydrogens (tertiary/aromatic N) is 1. The topological polar surface area (TPSA) is 57.4 Å². The second kappa shape index (κ2) is 5.89. The summed E-state index contributed by atoms with van der Waals surface area (Å²) in [6.45, 7) is 7.18. The highest BCUT2D eigenvalue weighted by Gasteiger charge is 2.45. The number of benzene rings is 1. The Labute approximate surface area is 127 Å². The Morgan fingerprint density at radius 3 is 2.57 bits per heavy atom. The molecule has 5 heteroatoms. The zero-order valence-corrected chi connectivity index (χ0v) is 13.8. The van der Waals surface area contributed by atoms with Gasteiger partial charge in [-0.3, -0.25) is 4.55 Å². The average Bonchev–Trinajstić information content (AvgIpc) is 2.61. The summed E-state index contributed by atoms with van der Waals surface area (Å²) in [4.78, 5) is 0. The van der Waals surface area contributed by atoms with Gasteiger partial charge in [-0.05, 0) is 13.3 Å². The van der Waals surface area contributed by atoms with Gasteiger partial charge < -0.3 is 0 Å². The molecule has 0 saturated heterocycles. The van der Waals surface area contributed by atoms with E-state index in [2.05, 4.69) is 43.5 Å². The van der Waals surface area contributed by atoms with E-state index < -0.39 is 10.1 Å². The number of fused-ring (bicyclic) bond motifs is 1. The Morgan fingerprint density at radius 2 is 1.95 bits per heavy atom. The fraction of sp³-hybridized carbons (Fsp3) is 0.562. The van der Waals surface area contributed by atoms with Crippen LogP contribution < -0.4 is 0 Å². The molecule has 0 spiro atoms. The molecule has 1 aromatic carbocycles. The Bertz CT molecular complexity index is 664. The molecule has 1 N–H and O–H groups in total. The minimum absolute atomic E-state index is 0.0173. The number of hydrogen-bond acceptors (Lipinski definition) is 2. The van der Waals surface area contributed by atoms with Gasteiger partial charge in [0.15, 0.2) is 5.71 Å². The largest absolute Gasteiger partial charge is 0.286 e. The molecule has 0 aromatic heterocycles. The van der Waals surface area contributed by atoms with Gasteiger partial charge in [0.05, 0.1) is 11.2 Å². The normalized spacial score (nSPS) is 21.7. The predicted molar refractivity (Wildman–Crippen MR) is 85.2 cm³/mol. The maximum Gasteiger partial charge on any atom is 0.265 e. The van der Waals surface area contributed by atoms with Gasteiger partial charge in [0, 0.05) is 25.0 Å². The smallest absolute Gasteiger partial charge is 0.265 e. The van der Waals surface area contributed by atoms with Gasteiger partial charge in [-0.25, -0.2) is 0 Å². The molecule has 1 heterocycles. The molecule has 1 aromatic rings. The van der Waals surface area contributed by atoms with Crippen LogP contribution >= 0.6 is 0 Å². The van der Waals surface area contributed by atoms with Crippen molar-refractivity contribution in [2.45, 2.75) is 45.4 Å². The Hall–Kier alpha value is -1.20. The Balaban J connectivity index is 2.33. The van der Waals surface area contributed by atoms with Gasteiger partial charge >= 0.3 is 0 Å². The van der Waals surface area contributed by atoms with Crippen molar-refractivity contribution < 1.29 is 17.5 Å². The van der Waals surface area contributed by atoms with Gasteiger partial charge in [0.1, 0.15) is 6.54 Å². The fourth-order valence-corrected chi connectivity index (χ4v) is 3.85. The third kappa shape index (κ3) is 3.19. The maximum absolute atomic E-state index is 10.9. The second-order valence-corrected chi connectivity index (χ2v) is 7.55. The van der Waals surface area contributed by atoms with E-state index in [-0.39, 0.29) is 11.2 Å². The van der Waals surface area contributed by atoms with Crippen molar-refractivity contribution in [3.8, 4) is 0 Å². The van der Waals surface area contributed by atoms with E-state index >= 15 is 0 Å². The van der Waals surface area contributed by atoms with Crippen LogP contribution in [0, 0.1) is 0 Å². The number of rotatable bonds is 6. The van der Waals surface area contributed by atoms with Crippen molar-refractivity contribution in [2.75, 3.05) is 12.3 Å². The van der Waals surface area contributed by atoms with Crippen LogP contribution in [0.1, 0.15) is 45.6 Å². The van der Waals surface area contributed by atoms with Crippen LogP contribution in [0.4, 0.5) is 5.69 Å². The third-order valence-electron chi connectivity index (χ3n) is 4.53. The molecule has 1 atom stereocenters. The molecule has 21 heavy (non-hydrogen) atoms. The molecular weight excluding hydrogens is 286 g/mol. The molecule has 0 fully saturated rings. The van der Waals surface area contributed by atoms with Gasteiger partial charge in [0.2, 0.25) is 5.69 Å². The first-order valence-corrected chi connectivity index (χ1v) is 9.07. The molecule has 0 aliphatic carbocycles. The highest BCUT2D eigenvalue weighted by atomic mass is 32.2. The van der Waals surface area contributed by atoms with Crippen LogP contribution in [0.3, 0.4) is 0 Å². The Kier molecular flexibility index (Phi) is 4.54. The van der Waals surface area contributed by atoms with Crippen molar-refractivity contribution in [2.24, 2.45) is 0 Å². The molecule has 1 unspecified atom stereocenters. The summed E-state index contributed by atoms with van der Waals surface area (Å²) >= 11 is 0. The summed E-state index contributed by atoms with van der Waals surface area (Å²) < 4.78 is 32.9. The van der Waals surface area contributed by atoms with Crippen LogP contribution in [-0.4, -0.2) is 35.6 Å². The van der Waals surface area contributed by atoms with Gasteiger partial charge in [-0.2, -0.15) is 13.0 Å². The summed E-state index contributed by atoms with van der Waals surface area (Å²) in [6, 6.07) is 8.33. The number of hydrogen-bond donors (Lipinski definition) is 1. The summed E-state index contributed by atoms with van der Waals surface area (Å²) in [5.74, 6) is -0.191. The molecule has 0 amide bonds. The number of para-hydroxylation sites is 1. The molecular formula is C16H24NO3S+. The average molecular weight is 310 g/mol. The molecule has 0 bridgehead atoms. The summed E-state index contributed by atoms with van der Waals surface area (Å²) in [5.41, 5.74) is 3.77. The van der Waals surface area contributed by atoms with Crippen LogP contribution in [0.25, 0.3) is 0 Å². The summed E-state index contributed by atoms with van der Waals surface area (Å²) in [6.07, 6.45) is 2.60. The minimum atomic E-state index is -3.89. The molecule has 0 radical (unpaired) electrons. The van der Waals surface area contributed by atoms with E-state index in [0.29, 0.717) is 13.0 Å². The lowest BCUT2D eigenvalue weighted by atomic mass is 9.76. The molecule has 1 aliphatic heterocycles. The van der Waals surface area contributed by atoms with Gasteiger partial charge in [-0.15, -0.1) is 0 Å². The highest BCUT2D eigenvalue weighted by Crippen LogP contribution is 2.42. The lowest BCUT2D eigenvalue weighted by molar-refractivity contribution is -0.438. The lowest BCUT2D eigenvalue weighted by Gasteiger charge is -2.21. The lowest BCUT2D eigenvalue weighted by Crippen LogP contribution is -2.30. The quantitative estimate of drug-likeness (QED) is 0.648.